The Morgan fingerprint density at radius 2 is 2.13 bits per heavy atom. The van der Waals surface area contributed by atoms with Crippen molar-refractivity contribution in [3.8, 4) is 0 Å². The van der Waals surface area contributed by atoms with Gasteiger partial charge in [0.1, 0.15) is 0 Å². The van der Waals surface area contributed by atoms with Gasteiger partial charge in [-0.15, -0.1) is 0 Å². The Hall–Kier alpha value is -0.120. The van der Waals surface area contributed by atoms with Crippen molar-refractivity contribution in [2.75, 3.05) is 26.2 Å². The van der Waals surface area contributed by atoms with Gasteiger partial charge in [-0.2, -0.15) is 0 Å². The predicted octanol–water partition coefficient (Wildman–Crippen LogP) is 1.06. The molecule has 0 aromatic carbocycles. The zero-order valence-corrected chi connectivity index (χ0v) is 10.2. The molecule has 0 aromatic heterocycles. The van der Waals surface area contributed by atoms with Gasteiger partial charge in [-0.1, -0.05) is 13.8 Å². The molecule has 2 unspecified atom stereocenters. The minimum Gasteiger partial charge on any atom is -0.396 e. The normalized spacial score (nSPS) is 28.6. The van der Waals surface area contributed by atoms with Crippen LogP contribution in [0.25, 0.3) is 0 Å². The fourth-order valence-corrected chi connectivity index (χ4v) is 2.60. The Morgan fingerprint density at radius 3 is 2.73 bits per heavy atom. The van der Waals surface area contributed by atoms with E-state index in [0.717, 1.165) is 32.4 Å². The molecule has 0 aromatic rings. The first-order valence-corrected chi connectivity index (χ1v) is 6.20. The third-order valence-corrected chi connectivity index (χ3v) is 3.04. The van der Waals surface area contributed by atoms with Gasteiger partial charge in [0.15, 0.2) is 0 Å². The minimum absolute atomic E-state index is 0.315. The van der Waals surface area contributed by atoms with Crippen LogP contribution in [-0.4, -0.2) is 42.3 Å². The number of nitrogens with zero attached hydrogens (tertiary/aromatic N) is 1. The van der Waals surface area contributed by atoms with Crippen LogP contribution in [0, 0.1) is 11.8 Å². The highest BCUT2D eigenvalue weighted by Gasteiger charge is 2.24. The topological polar surface area (TPSA) is 49.5 Å². The van der Waals surface area contributed by atoms with Gasteiger partial charge in [-0.05, 0) is 31.1 Å². The van der Waals surface area contributed by atoms with Crippen LogP contribution >= 0.6 is 0 Å². The zero-order valence-electron chi connectivity index (χ0n) is 10.2. The van der Waals surface area contributed by atoms with Crippen LogP contribution in [0.3, 0.4) is 0 Å². The van der Waals surface area contributed by atoms with E-state index in [1.165, 1.54) is 6.54 Å². The van der Waals surface area contributed by atoms with Gasteiger partial charge in [0.25, 0.3) is 0 Å². The van der Waals surface area contributed by atoms with Crippen LogP contribution in [0.2, 0.25) is 0 Å². The summed E-state index contributed by atoms with van der Waals surface area (Å²) >= 11 is 0. The molecule has 1 heterocycles. The first kappa shape index (κ1) is 12.9. The summed E-state index contributed by atoms with van der Waals surface area (Å²) in [4.78, 5) is 2.49. The van der Waals surface area contributed by atoms with Gasteiger partial charge in [-0.3, -0.25) is 0 Å². The molecule has 90 valence electrons. The van der Waals surface area contributed by atoms with Gasteiger partial charge in [-0.25, -0.2) is 0 Å². The summed E-state index contributed by atoms with van der Waals surface area (Å²) in [6.07, 6.45) is 3.18. The highest BCUT2D eigenvalue weighted by atomic mass is 16.2. The largest absolute Gasteiger partial charge is 0.396 e. The molecule has 3 N–H and O–H groups in total. The summed E-state index contributed by atoms with van der Waals surface area (Å²) in [6, 6.07) is 0.334. The number of hydrogen-bond acceptors (Lipinski definition) is 3. The summed E-state index contributed by atoms with van der Waals surface area (Å²) in [6.45, 7) is 8.20. The highest BCUT2D eigenvalue weighted by molar-refractivity contribution is 4.81. The van der Waals surface area contributed by atoms with Gasteiger partial charge in [0, 0.05) is 32.3 Å². The molecule has 1 fully saturated rings. The van der Waals surface area contributed by atoms with Crippen molar-refractivity contribution in [3.63, 3.8) is 0 Å². The van der Waals surface area contributed by atoms with E-state index in [0.29, 0.717) is 24.5 Å². The standard InChI is InChI=1S/C12H26N2O/c1-10(2)7-14-8-11(4-3-5-15)6-12(13)9-14/h10-12,15H,3-9,13H2,1-2H3. The summed E-state index contributed by atoms with van der Waals surface area (Å²) in [5, 5.41) is 8.83. The average Bonchev–Trinajstić information content (AvgIpc) is 2.12. The SMILES string of the molecule is CC(C)CN1CC(N)CC(CCCO)C1. The first-order valence-electron chi connectivity index (χ1n) is 6.20. The first-order chi connectivity index (χ1) is 7.11. The maximum Gasteiger partial charge on any atom is 0.0431 e. The minimum atomic E-state index is 0.315. The average molecular weight is 214 g/mol. The molecule has 15 heavy (non-hydrogen) atoms. The highest BCUT2D eigenvalue weighted by Crippen LogP contribution is 2.20. The molecule has 0 aliphatic carbocycles. The second kappa shape index (κ2) is 6.46. The number of aliphatic hydroxyl groups is 1. The number of hydrogen-bond donors (Lipinski definition) is 2. The quantitative estimate of drug-likeness (QED) is 0.719. The lowest BCUT2D eigenvalue weighted by Crippen LogP contribution is -2.48. The summed E-state index contributed by atoms with van der Waals surface area (Å²) in [5.41, 5.74) is 6.06. The van der Waals surface area contributed by atoms with E-state index in [4.69, 9.17) is 10.8 Å². The molecular formula is C12H26N2O. The van der Waals surface area contributed by atoms with E-state index in [2.05, 4.69) is 18.7 Å². The molecule has 1 aliphatic heterocycles. The van der Waals surface area contributed by atoms with Gasteiger partial charge in [0.2, 0.25) is 0 Å². The van der Waals surface area contributed by atoms with E-state index < -0.39 is 0 Å². The molecule has 0 saturated carbocycles. The Morgan fingerprint density at radius 1 is 1.40 bits per heavy atom. The Labute approximate surface area is 93.6 Å². The molecule has 2 atom stereocenters. The van der Waals surface area contributed by atoms with Crippen molar-refractivity contribution in [2.45, 2.75) is 39.2 Å². The van der Waals surface area contributed by atoms with E-state index in [1.54, 1.807) is 0 Å². The molecular weight excluding hydrogens is 188 g/mol. The van der Waals surface area contributed by atoms with Crippen LogP contribution in [-0.2, 0) is 0 Å². The van der Waals surface area contributed by atoms with Crippen LogP contribution in [0.4, 0.5) is 0 Å². The summed E-state index contributed by atoms with van der Waals surface area (Å²) in [5.74, 6) is 1.41. The van der Waals surface area contributed by atoms with Crippen LogP contribution in [0.5, 0.6) is 0 Å². The van der Waals surface area contributed by atoms with E-state index in [-0.39, 0.29) is 0 Å². The van der Waals surface area contributed by atoms with Crippen molar-refractivity contribution in [1.82, 2.24) is 4.90 Å². The van der Waals surface area contributed by atoms with Crippen molar-refractivity contribution in [1.29, 1.82) is 0 Å². The maximum absolute atomic E-state index is 8.83. The lowest BCUT2D eigenvalue weighted by atomic mass is 9.90. The Kier molecular flexibility index (Phi) is 5.58. The molecule has 0 bridgehead atoms. The van der Waals surface area contributed by atoms with Crippen LogP contribution < -0.4 is 5.73 Å². The third-order valence-electron chi connectivity index (χ3n) is 3.04. The fraction of sp³-hybridized carbons (Fsp3) is 1.00. The van der Waals surface area contributed by atoms with E-state index in [1.807, 2.05) is 0 Å². The third kappa shape index (κ3) is 4.96. The lowest BCUT2D eigenvalue weighted by molar-refractivity contribution is 0.131. The molecule has 3 nitrogen and oxygen atoms in total. The fourth-order valence-electron chi connectivity index (χ4n) is 2.60. The number of likely N-dealkylation sites (tertiary alicyclic amines) is 1. The molecule has 0 spiro atoms. The van der Waals surface area contributed by atoms with Crippen molar-refractivity contribution < 1.29 is 5.11 Å². The van der Waals surface area contributed by atoms with Crippen molar-refractivity contribution in [3.05, 3.63) is 0 Å². The molecule has 1 aliphatic rings. The van der Waals surface area contributed by atoms with Crippen LogP contribution in [0.1, 0.15) is 33.1 Å². The predicted molar refractivity (Wildman–Crippen MR) is 63.7 cm³/mol. The second-order valence-corrected chi connectivity index (χ2v) is 5.34. The summed E-state index contributed by atoms with van der Waals surface area (Å²) in [7, 11) is 0. The number of rotatable bonds is 5. The molecule has 0 amide bonds. The lowest BCUT2D eigenvalue weighted by Gasteiger charge is -2.37. The second-order valence-electron chi connectivity index (χ2n) is 5.34. The molecule has 1 rings (SSSR count). The molecule has 1 saturated heterocycles. The van der Waals surface area contributed by atoms with Crippen molar-refractivity contribution >= 4 is 0 Å². The summed E-state index contributed by atoms with van der Waals surface area (Å²) < 4.78 is 0. The number of aliphatic hydroxyl groups excluding tert-OH is 1. The monoisotopic (exact) mass is 214 g/mol. The van der Waals surface area contributed by atoms with Crippen LogP contribution in [0.15, 0.2) is 0 Å². The zero-order chi connectivity index (χ0) is 11.3. The molecule has 0 radical (unpaired) electrons. The van der Waals surface area contributed by atoms with Gasteiger partial charge < -0.3 is 15.7 Å². The Bertz CT molecular complexity index is 171. The van der Waals surface area contributed by atoms with E-state index in [9.17, 15) is 0 Å². The van der Waals surface area contributed by atoms with Gasteiger partial charge >= 0.3 is 0 Å². The van der Waals surface area contributed by atoms with Crippen molar-refractivity contribution in [2.24, 2.45) is 17.6 Å². The Balaban J connectivity index is 2.34. The number of nitrogens with two attached hydrogens (primary N) is 1. The van der Waals surface area contributed by atoms with Gasteiger partial charge in [0.05, 0.1) is 0 Å². The smallest absolute Gasteiger partial charge is 0.0431 e. The maximum atomic E-state index is 8.83. The van der Waals surface area contributed by atoms with E-state index >= 15 is 0 Å². The molecule has 3 heteroatoms. The number of piperidine rings is 1.